The fourth-order valence-electron chi connectivity index (χ4n) is 6.73. The Kier molecular flexibility index (Phi) is 46.3. The number of hydrogen-bond donors (Lipinski definition) is 0. The molecule has 0 bridgehead atoms. The van der Waals surface area contributed by atoms with Crippen molar-refractivity contribution in [2.45, 2.75) is 200 Å². The number of nitrogens with zero attached hydrogens (tertiary/aromatic N) is 1. The third kappa shape index (κ3) is 52.0. The highest BCUT2D eigenvalue weighted by Gasteiger charge is 2.21. The molecule has 0 aromatic heterocycles. The summed E-state index contributed by atoms with van der Waals surface area (Å²) in [7, 11) is 1.14. The number of ether oxygens (including phenoxy) is 2. The van der Waals surface area contributed by atoms with Crippen LogP contribution in [0, 0.1) is 0 Å². The van der Waals surface area contributed by atoms with E-state index in [1.807, 2.05) is 21.1 Å². The van der Waals surface area contributed by atoms with Gasteiger partial charge in [0.1, 0.15) is 19.8 Å². The average molecular weight is 968 g/mol. The number of phosphoric acid groups is 1. The molecule has 0 fully saturated rings. The third-order valence-electron chi connectivity index (χ3n) is 10.8. The molecule has 0 rings (SSSR count). The Labute approximate surface area is 416 Å². The van der Waals surface area contributed by atoms with Gasteiger partial charge in [0.2, 0.25) is 0 Å². The maximum atomic E-state index is 12.8. The maximum absolute atomic E-state index is 12.8. The molecule has 9 nitrogen and oxygen atoms in total. The van der Waals surface area contributed by atoms with Crippen LogP contribution in [-0.2, 0) is 32.7 Å². The molecule has 2 unspecified atom stereocenters. The lowest BCUT2D eigenvalue weighted by Crippen LogP contribution is -2.37. The summed E-state index contributed by atoms with van der Waals surface area (Å²) in [6.45, 7) is 3.97. The van der Waals surface area contributed by atoms with E-state index < -0.39 is 32.5 Å². The molecule has 0 aliphatic heterocycles. The highest BCUT2D eigenvalue weighted by Crippen LogP contribution is 2.38. The normalized spacial score (nSPS) is 14.3. The molecule has 10 heteroatoms. The van der Waals surface area contributed by atoms with E-state index in [1.165, 1.54) is 38.5 Å². The molecule has 0 spiro atoms. The van der Waals surface area contributed by atoms with E-state index in [0.717, 1.165) is 116 Å². The van der Waals surface area contributed by atoms with Gasteiger partial charge in [-0.25, -0.2) is 0 Å². The molecule has 0 aliphatic carbocycles. The molecule has 0 amide bonds. The molecule has 0 aromatic carbocycles. The van der Waals surface area contributed by atoms with Crippen molar-refractivity contribution in [2.24, 2.45) is 0 Å². The van der Waals surface area contributed by atoms with Crippen molar-refractivity contribution in [1.82, 2.24) is 0 Å². The summed E-state index contributed by atoms with van der Waals surface area (Å²) in [6, 6.07) is 0. The Bertz CT molecular complexity index is 1520. The summed E-state index contributed by atoms with van der Waals surface area (Å²) in [5.41, 5.74) is 0. The van der Waals surface area contributed by atoms with Gasteiger partial charge in [0.15, 0.2) is 6.10 Å². The molecule has 0 saturated carbocycles. The van der Waals surface area contributed by atoms with Crippen LogP contribution >= 0.6 is 7.82 Å². The van der Waals surface area contributed by atoms with Gasteiger partial charge in [0.25, 0.3) is 7.82 Å². The second-order valence-corrected chi connectivity index (χ2v) is 19.9. The first-order valence-corrected chi connectivity index (χ1v) is 28.1. The minimum Gasteiger partial charge on any atom is -0.756 e. The predicted molar refractivity (Wildman–Crippen MR) is 286 cm³/mol. The van der Waals surface area contributed by atoms with Crippen molar-refractivity contribution >= 4 is 19.8 Å². The zero-order chi connectivity index (χ0) is 49.9. The number of unbranched alkanes of at least 4 members (excludes halogenated alkanes) is 15. The molecule has 388 valence electrons. The predicted octanol–water partition coefficient (Wildman–Crippen LogP) is 15.6. The maximum Gasteiger partial charge on any atom is 0.306 e. The Morgan fingerprint density at radius 3 is 1.18 bits per heavy atom. The fourth-order valence-corrected chi connectivity index (χ4v) is 7.46. The molecule has 2 atom stereocenters. The zero-order valence-corrected chi connectivity index (χ0v) is 44.7. The van der Waals surface area contributed by atoms with E-state index in [1.54, 1.807) is 0 Å². The Balaban J connectivity index is 4.22. The highest BCUT2D eigenvalue weighted by molar-refractivity contribution is 7.45. The van der Waals surface area contributed by atoms with Crippen LogP contribution in [0.5, 0.6) is 0 Å². The zero-order valence-electron chi connectivity index (χ0n) is 43.8. The summed E-state index contributed by atoms with van der Waals surface area (Å²) in [6.07, 6.45) is 67.0. The lowest BCUT2D eigenvalue weighted by molar-refractivity contribution is -0.870. The standard InChI is InChI=1S/C58H98NO8P/c1-6-8-10-12-14-16-18-20-22-23-24-25-26-27-28-29-30-31-32-33-34-35-37-39-41-43-45-47-49-51-58(61)67-56(55-66-68(62,63)65-53-52-59(3,4)5)54-64-57(60)50-48-46-44-42-40-38-36-21-19-17-15-13-11-9-7-2/h8-11,14-17,20-22,24-25,27-28,30-31,36,56H,6-7,12-13,18-19,23,26,29,32-35,37-55H2,1-5H3/b10-8-,11-9-,16-14-,17-15-,22-20-,25-24-,28-27-,31-30-,36-21-. The van der Waals surface area contributed by atoms with Crippen molar-refractivity contribution in [3.8, 4) is 0 Å². The van der Waals surface area contributed by atoms with E-state index in [-0.39, 0.29) is 26.1 Å². The Morgan fingerprint density at radius 1 is 0.456 bits per heavy atom. The molecule has 0 heterocycles. The van der Waals surface area contributed by atoms with Gasteiger partial charge in [-0.15, -0.1) is 0 Å². The smallest absolute Gasteiger partial charge is 0.306 e. The second-order valence-electron chi connectivity index (χ2n) is 18.5. The van der Waals surface area contributed by atoms with Gasteiger partial charge in [-0.05, 0) is 96.3 Å². The van der Waals surface area contributed by atoms with Crippen molar-refractivity contribution in [2.75, 3.05) is 47.5 Å². The van der Waals surface area contributed by atoms with Crippen LogP contribution in [-0.4, -0.2) is 70.0 Å². The monoisotopic (exact) mass is 968 g/mol. The van der Waals surface area contributed by atoms with Gasteiger partial charge < -0.3 is 27.9 Å². The summed E-state index contributed by atoms with van der Waals surface area (Å²) < 4.78 is 34.0. The van der Waals surface area contributed by atoms with Crippen LogP contribution in [0.1, 0.15) is 194 Å². The SMILES string of the molecule is CC/C=C\C/C=C\C/C=C\C/C=C\C/C=C\C/C=C\CCCCCCCCCCCCC(=O)OC(COC(=O)CCCCCCC/C=C\C/C=C\C/C=C\CC)COP(=O)([O-])OCC[N+](C)(C)C. The van der Waals surface area contributed by atoms with Crippen LogP contribution in [0.15, 0.2) is 109 Å². The number of carbonyl (C=O) groups excluding carboxylic acids is 2. The van der Waals surface area contributed by atoms with Gasteiger partial charge in [0, 0.05) is 12.8 Å². The first-order valence-electron chi connectivity index (χ1n) is 26.6. The van der Waals surface area contributed by atoms with Crippen LogP contribution in [0.25, 0.3) is 0 Å². The molecule has 0 aromatic rings. The number of carbonyl (C=O) groups is 2. The number of hydrogen-bond acceptors (Lipinski definition) is 8. The fraction of sp³-hybridized carbons (Fsp3) is 0.655. The topological polar surface area (TPSA) is 111 Å². The number of phosphoric ester groups is 1. The van der Waals surface area contributed by atoms with Gasteiger partial charge >= 0.3 is 11.9 Å². The second kappa shape index (κ2) is 48.7. The van der Waals surface area contributed by atoms with Gasteiger partial charge in [0.05, 0.1) is 27.7 Å². The Hall–Kier alpha value is -3.33. The van der Waals surface area contributed by atoms with E-state index >= 15 is 0 Å². The summed E-state index contributed by atoms with van der Waals surface area (Å²) >= 11 is 0. The highest BCUT2D eigenvalue weighted by atomic mass is 31.2. The number of esters is 2. The van der Waals surface area contributed by atoms with Crippen LogP contribution in [0.2, 0.25) is 0 Å². The number of quaternary nitrogens is 1. The molecule has 0 radical (unpaired) electrons. The lowest BCUT2D eigenvalue weighted by atomic mass is 10.0. The lowest BCUT2D eigenvalue weighted by Gasteiger charge is -2.28. The minimum absolute atomic E-state index is 0.0405. The van der Waals surface area contributed by atoms with E-state index in [2.05, 4.69) is 123 Å². The number of rotatable bonds is 47. The Morgan fingerprint density at radius 2 is 0.794 bits per heavy atom. The third-order valence-corrected chi connectivity index (χ3v) is 11.8. The molecule has 0 aliphatic rings. The molecular formula is C58H98NO8P. The van der Waals surface area contributed by atoms with E-state index in [4.69, 9.17) is 18.5 Å². The van der Waals surface area contributed by atoms with Crippen molar-refractivity contribution < 1.29 is 42.1 Å². The van der Waals surface area contributed by atoms with Crippen molar-refractivity contribution in [3.05, 3.63) is 109 Å². The van der Waals surface area contributed by atoms with Gasteiger partial charge in [-0.3, -0.25) is 14.2 Å². The molecule has 0 N–H and O–H groups in total. The summed E-state index contributed by atoms with van der Waals surface area (Å²) in [5, 5.41) is 0. The largest absolute Gasteiger partial charge is 0.756 e. The van der Waals surface area contributed by atoms with Crippen LogP contribution in [0.3, 0.4) is 0 Å². The van der Waals surface area contributed by atoms with E-state index in [9.17, 15) is 19.0 Å². The first-order chi connectivity index (χ1) is 33.0. The quantitative estimate of drug-likeness (QED) is 0.0195. The summed E-state index contributed by atoms with van der Waals surface area (Å²) in [5.74, 6) is -0.867. The molecular weight excluding hydrogens is 870 g/mol. The number of allylic oxidation sites excluding steroid dienone is 18. The van der Waals surface area contributed by atoms with Crippen molar-refractivity contribution in [3.63, 3.8) is 0 Å². The average Bonchev–Trinajstić information content (AvgIpc) is 3.30. The first kappa shape index (κ1) is 64.7. The van der Waals surface area contributed by atoms with Crippen LogP contribution < -0.4 is 4.89 Å². The molecule has 68 heavy (non-hydrogen) atoms. The minimum atomic E-state index is -4.64. The number of likely N-dealkylation sites (N-methyl/N-ethyl adjacent to an activating group) is 1. The van der Waals surface area contributed by atoms with Gasteiger partial charge in [-0.1, -0.05) is 194 Å². The van der Waals surface area contributed by atoms with Crippen molar-refractivity contribution in [1.29, 1.82) is 0 Å². The van der Waals surface area contributed by atoms with Gasteiger partial charge in [-0.2, -0.15) is 0 Å². The van der Waals surface area contributed by atoms with E-state index in [0.29, 0.717) is 23.9 Å². The van der Waals surface area contributed by atoms with Crippen LogP contribution in [0.4, 0.5) is 0 Å². The summed E-state index contributed by atoms with van der Waals surface area (Å²) in [4.78, 5) is 37.7. The molecule has 0 saturated heterocycles.